The van der Waals surface area contributed by atoms with Crippen LogP contribution < -0.4 is 0 Å². The van der Waals surface area contributed by atoms with Gasteiger partial charge in [-0.05, 0) is 27.8 Å². The fourth-order valence-electron chi connectivity index (χ4n) is 4.98. The lowest BCUT2D eigenvalue weighted by molar-refractivity contribution is -0.136. The first-order valence-electron chi connectivity index (χ1n) is 11.7. The van der Waals surface area contributed by atoms with Crippen LogP contribution in [0, 0.1) is 0 Å². The van der Waals surface area contributed by atoms with Crippen molar-refractivity contribution in [2.24, 2.45) is 0 Å². The van der Waals surface area contributed by atoms with Crippen LogP contribution in [0.25, 0.3) is 5.57 Å². The van der Waals surface area contributed by atoms with Crippen LogP contribution in [0.2, 0.25) is 0 Å². The van der Waals surface area contributed by atoms with Crippen LogP contribution in [0.4, 0.5) is 0 Å². The molecule has 0 saturated heterocycles. The maximum absolute atomic E-state index is 13.6. The quantitative estimate of drug-likeness (QED) is 0.306. The molecule has 172 valence electrons. The van der Waals surface area contributed by atoms with E-state index in [-0.39, 0.29) is 5.97 Å². The van der Waals surface area contributed by atoms with Crippen LogP contribution in [0.3, 0.4) is 0 Å². The molecule has 0 spiro atoms. The monoisotopic (exact) mass is 457 g/mol. The molecule has 0 N–H and O–H groups in total. The lowest BCUT2D eigenvalue weighted by Crippen LogP contribution is -2.40. The summed E-state index contributed by atoms with van der Waals surface area (Å²) in [7, 11) is 1.45. The van der Waals surface area contributed by atoms with E-state index in [2.05, 4.69) is 59.6 Å². The van der Waals surface area contributed by atoms with Gasteiger partial charge in [-0.2, -0.15) is 0 Å². The summed E-state index contributed by atoms with van der Waals surface area (Å²) in [5.41, 5.74) is 4.99. The lowest BCUT2D eigenvalue weighted by Gasteiger charge is -2.43. The number of hydrogen-bond acceptors (Lipinski definition) is 3. The third-order valence-electron chi connectivity index (χ3n) is 6.51. The third-order valence-corrected chi connectivity index (χ3v) is 6.51. The van der Waals surface area contributed by atoms with E-state index in [0.717, 1.165) is 27.8 Å². The number of rotatable bonds is 6. The van der Waals surface area contributed by atoms with Crippen LogP contribution in [0.1, 0.15) is 22.3 Å². The van der Waals surface area contributed by atoms with Crippen LogP contribution >= 0.6 is 0 Å². The van der Waals surface area contributed by atoms with Crippen LogP contribution in [0.15, 0.2) is 139 Å². The van der Waals surface area contributed by atoms with Gasteiger partial charge in [0.25, 0.3) is 0 Å². The van der Waals surface area contributed by atoms with Gasteiger partial charge >= 0.3 is 5.97 Å². The Morgan fingerprint density at radius 1 is 0.686 bits per heavy atom. The van der Waals surface area contributed by atoms with E-state index in [0.29, 0.717) is 12.1 Å². The third kappa shape index (κ3) is 4.17. The van der Waals surface area contributed by atoms with E-state index in [1.54, 1.807) is 0 Å². The van der Waals surface area contributed by atoms with Crippen molar-refractivity contribution >= 4 is 11.5 Å². The second kappa shape index (κ2) is 9.86. The molecule has 0 amide bonds. The Balaban J connectivity index is 1.82. The first-order valence-corrected chi connectivity index (χ1v) is 11.7. The van der Waals surface area contributed by atoms with Crippen molar-refractivity contribution in [2.45, 2.75) is 12.0 Å². The van der Waals surface area contributed by atoms with Gasteiger partial charge in [-0.25, -0.2) is 4.79 Å². The normalized spacial score (nSPS) is 14.6. The first kappa shape index (κ1) is 22.4. The highest BCUT2D eigenvalue weighted by Crippen LogP contribution is 2.52. The average molecular weight is 458 g/mol. The molecule has 35 heavy (non-hydrogen) atoms. The number of nitrogens with zero attached hydrogens (tertiary/aromatic N) is 1. The van der Waals surface area contributed by atoms with Gasteiger partial charge in [-0.1, -0.05) is 121 Å². The topological polar surface area (TPSA) is 29.5 Å². The zero-order chi connectivity index (χ0) is 24.1. The largest absolute Gasteiger partial charge is 0.466 e. The van der Waals surface area contributed by atoms with Crippen molar-refractivity contribution in [1.29, 1.82) is 0 Å². The number of methoxy groups -OCH3 is 1. The molecule has 4 aromatic rings. The molecule has 1 heterocycles. The highest BCUT2D eigenvalue weighted by Gasteiger charge is 2.48. The zero-order valence-corrected chi connectivity index (χ0v) is 19.7. The van der Waals surface area contributed by atoms with Crippen molar-refractivity contribution in [3.8, 4) is 0 Å². The van der Waals surface area contributed by atoms with E-state index in [9.17, 15) is 4.79 Å². The molecule has 0 atom stereocenters. The van der Waals surface area contributed by atoms with Crippen LogP contribution in [-0.2, 0) is 21.5 Å². The molecule has 1 aliphatic rings. The van der Waals surface area contributed by atoms with Gasteiger partial charge in [-0.3, -0.25) is 0 Å². The molecule has 1 aliphatic heterocycles. The number of carbonyl (C=O) groups is 1. The van der Waals surface area contributed by atoms with E-state index in [1.807, 2.05) is 79.0 Å². The average Bonchev–Trinajstić information content (AvgIpc) is 2.94. The highest BCUT2D eigenvalue weighted by atomic mass is 16.5. The minimum Gasteiger partial charge on any atom is -0.466 e. The van der Waals surface area contributed by atoms with Crippen molar-refractivity contribution in [1.82, 2.24) is 4.90 Å². The summed E-state index contributed by atoms with van der Waals surface area (Å²) in [6.45, 7) is 0.636. The maximum Gasteiger partial charge on any atom is 0.336 e. The predicted octanol–water partition coefficient (Wildman–Crippen LogP) is 6.59. The fraction of sp³-hybridized carbons (Fsp3) is 0.0938. The van der Waals surface area contributed by atoms with Gasteiger partial charge in [0, 0.05) is 18.9 Å². The number of esters is 1. The zero-order valence-electron chi connectivity index (χ0n) is 19.7. The number of ether oxygens (including phenoxy) is 1. The molecule has 0 unspecified atom stereocenters. The van der Waals surface area contributed by atoms with Crippen LogP contribution in [-0.4, -0.2) is 18.0 Å². The smallest absolute Gasteiger partial charge is 0.336 e. The minimum absolute atomic E-state index is 0.350. The Hall–Kier alpha value is -4.37. The number of carbonyl (C=O) groups excluding carboxylic acids is 1. The van der Waals surface area contributed by atoms with E-state index < -0.39 is 5.41 Å². The summed E-state index contributed by atoms with van der Waals surface area (Å²) in [5.74, 6) is -0.350. The molecular formula is C32H27NO2. The van der Waals surface area contributed by atoms with E-state index >= 15 is 0 Å². The SMILES string of the molecule is COC(=O)C1=CN(Cc2ccccc2)C=C(c2ccccc2)C1(c1ccccc1)c1ccccc1. The van der Waals surface area contributed by atoms with Gasteiger partial charge in [0.15, 0.2) is 0 Å². The Kier molecular flexibility index (Phi) is 6.32. The first-order chi connectivity index (χ1) is 17.2. The standard InChI is InChI=1S/C32H27NO2/c1-35-31(34)30-24-33(22-25-14-6-2-7-15-25)23-29(26-16-8-3-9-17-26)32(30,27-18-10-4-11-19-27)28-20-12-5-13-21-28/h2-21,23-24H,22H2,1H3. The summed E-state index contributed by atoms with van der Waals surface area (Å²) >= 11 is 0. The van der Waals surface area contributed by atoms with Crippen molar-refractivity contribution in [3.05, 3.63) is 162 Å². The summed E-state index contributed by atoms with van der Waals surface area (Å²) in [6, 6.07) is 41.0. The molecule has 0 bridgehead atoms. The van der Waals surface area contributed by atoms with Gasteiger partial charge in [0.1, 0.15) is 0 Å². The molecule has 0 aliphatic carbocycles. The summed E-state index contributed by atoms with van der Waals surface area (Å²) < 4.78 is 5.41. The predicted molar refractivity (Wildman–Crippen MR) is 140 cm³/mol. The summed E-state index contributed by atoms with van der Waals surface area (Å²) in [4.78, 5) is 15.7. The summed E-state index contributed by atoms with van der Waals surface area (Å²) in [5, 5.41) is 0. The van der Waals surface area contributed by atoms with Crippen molar-refractivity contribution < 1.29 is 9.53 Å². The Morgan fingerprint density at radius 3 is 1.69 bits per heavy atom. The van der Waals surface area contributed by atoms with Gasteiger partial charge < -0.3 is 9.64 Å². The molecular weight excluding hydrogens is 430 g/mol. The minimum atomic E-state index is -0.843. The number of hydrogen-bond donors (Lipinski definition) is 0. The molecule has 0 saturated carbocycles. The van der Waals surface area contributed by atoms with Gasteiger partial charge in [-0.15, -0.1) is 0 Å². The van der Waals surface area contributed by atoms with Crippen LogP contribution in [0.5, 0.6) is 0 Å². The lowest BCUT2D eigenvalue weighted by atomic mass is 9.62. The van der Waals surface area contributed by atoms with Crippen molar-refractivity contribution in [3.63, 3.8) is 0 Å². The second-order valence-corrected chi connectivity index (χ2v) is 8.58. The number of allylic oxidation sites excluding steroid dienone is 1. The van der Waals surface area contributed by atoms with Crippen molar-refractivity contribution in [2.75, 3.05) is 7.11 Å². The molecule has 3 heteroatoms. The fourth-order valence-corrected chi connectivity index (χ4v) is 4.98. The molecule has 4 aromatic carbocycles. The second-order valence-electron chi connectivity index (χ2n) is 8.58. The maximum atomic E-state index is 13.6. The van der Waals surface area contributed by atoms with E-state index in [1.165, 1.54) is 7.11 Å². The Morgan fingerprint density at radius 2 is 1.17 bits per heavy atom. The molecule has 0 radical (unpaired) electrons. The van der Waals surface area contributed by atoms with Gasteiger partial charge in [0.05, 0.1) is 18.1 Å². The molecule has 0 aromatic heterocycles. The molecule has 3 nitrogen and oxygen atoms in total. The highest BCUT2D eigenvalue weighted by molar-refractivity contribution is 6.01. The van der Waals surface area contributed by atoms with Gasteiger partial charge in [0.2, 0.25) is 0 Å². The Labute approximate surface area is 206 Å². The molecule has 0 fully saturated rings. The molecule has 5 rings (SSSR count). The Bertz CT molecular complexity index is 1300. The summed E-state index contributed by atoms with van der Waals surface area (Å²) in [6.07, 6.45) is 4.13. The van der Waals surface area contributed by atoms with E-state index in [4.69, 9.17) is 4.74 Å². The number of benzene rings is 4.